The number of nitrogens with zero attached hydrogens (tertiary/aromatic N) is 1. The van der Waals surface area contributed by atoms with Gasteiger partial charge in [-0.2, -0.15) is 0 Å². The van der Waals surface area contributed by atoms with Crippen molar-refractivity contribution in [3.05, 3.63) is 34.6 Å². The SMILES string of the molecule is CC(C)Nc1nc2c(ccc3[nH]c(=O)ccc32)s1. The zero-order chi connectivity index (χ0) is 12.7. The molecular weight excluding hydrogens is 246 g/mol. The van der Waals surface area contributed by atoms with Gasteiger partial charge in [0.1, 0.15) is 0 Å². The topological polar surface area (TPSA) is 57.8 Å². The van der Waals surface area contributed by atoms with Crippen LogP contribution in [0.1, 0.15) is 13.8 Å². The number of H-pyrrole nitrogens is 1. The molecule has 0 radical (unpaired) electrons. The van der Waals surface area contributed by atoms with E-state index in [-0.39, 0.29) is 5.56 Å². The molecule has 0 bridgehead atoms. The first-order valence-electron chi connectivity index (χ1n) is 5.82. The number of aromatic nitrogens is 2. The van der Waals surface area contributed by atoms with Crippen LogP contribution >= 0.6 is 11.3 Å². The largest absolute Gasteiger partial charge is 0.359 e. The first-order chi connectivity index (χ1) is 8.63. The summed E-state index contributed by atoms with van der Waals surface area (Å²) < 4.78 is 1.12. The van der Waals surface area contributed by atoms with Gasteiger partial charge in [-0.1, -0.05) is 11.3 Å². The van der Waals surface area contributed by atoms with Gasteiger partial charge in [0.2, 0.25) is 5.56 Å². The maximum atomic E-state index is 11.3. The Morgan fingerprint density at radius 2 is 2.11 bits per heavy atom. The fraction of sp³-hybridized carbons (Fsp3) is 0.231. The molecule has 2 N–H and O–H groups in total. The second-order valence-corrected chi connectivity index (χ2v) is 5.54. The van der Waals surface area contributed by atoms with Gasteiger partial charge < -0.3 is 10.3 Å². The minimum absolute atomic E-state index is 0.0855. The van der Waals surface area contributed by atoms with E-state index in [4.69, 9.17) is 0 Å². The smallest absolute Gasteiger partial charge is 0.248 e. The van der Waals surface area contributed by atoms with Gasteiger partial charge in [-0.15, -0.1) is 0 Å². The summed E-state index contributed by atoms with van der Waals surface area (Å²) in [6.45, 7) is 4.17. The number of anilines is 1. The van der Waals surface area contributed by atoms with Gasteiger partial charge >= 0.3 is 0 Å². The lowest BCUT2D eigenvalue weighted by Gasteiger charge is -2.03. The van der Waals surface area contributed by atoms with E-state index in [2.05, 4.69) is 29.1 Å². The van der Waals surface area contributed by atoms with Crippen molar-refractivity contribution in [2.24, 2.45) is 0 Å². The van der Waals surface area contributed by atoms with Crippen molar-refractivity contribution < 1.29 is 0 Å². The molecule has 0 atom stereocenters. The average Bonchev–Trinajstić information content (AvgIpc) is 2.70. The summed E-state index contributed by atoms with van der Waals surface area (Å²) in [6.07, 6.45) is 0. The summed E-state index contributed by atoms with van der Waals surface area (Å²) in [4.78, 5) is 18.7. The second kappa shape index (κ2) is 4.10. The number of hydrogen-bond donors (Lipinski definition) is 2. The monoisotopic (exact) mass is 259 g/mol. The van der Waals surface area contributed by atoms with Crippen molar-refractivity contribution in [2.45, 2.75) is 19.9 Å². The highest BCUT2D eigenvalue weighted by Crippen LogP contribution is 2.30. The van der Waals surface area contributed by atoms with Crippen LogP contribution in [0.5, 0.6) is 0 Å². The Labute approximate surface area is 108 Å². The highest BCUT2D eigenvalue weighted by atomic mass is 32.1. The molecule has 0 fully saturated rings. The Morgan fingerprint density at radius 1 is 1.28 bits per heavy atom. The van der Waals surface area contributed by atoms with Gasteiger partial charge in [-0.25, -0.2) is 4.98 Å². The molecular formula is C13H13N3OS. The van der Waals surface area contributed by atoms with Crippen LogP contribution in [0.25, 0.3) is 21.1 Å². The molecule has 0 saturated heterocycles. The molecule has 2 heterocycles. The highest BCUT2D eigenvalue weighted by molar-refractivity contribution is 7.22. The zero-order valence-electron chi connectivity index (χ0n) is 10.2. The van der Waals surface area contributed by atoms with Gasteiger partial charge in [0.25, 0.3) is 0 Å². The zero-order valence-corrected chi connectivity index (χ0v) is 11.0. The van der Waals surface area contributed by atoms with Crippen LogP contribution in [-0.2, 0) is 0 Å². The number of fused-ring (bicyclic) bond motifs is 3. The van der Waals surface area contributed by atoms with Crippen molar-refractivity contribution in [1.82, 2.24) is 9.97 Å². The molecule has 18 heavy (non-hydrogen) atoms. The van der Waals surface area contributed by atoms with Gasteiger partial charge in [-0.3, -0.25) is 4.79 Å². The molecule has 0 amide bonds. The molecule has 0 aliphatic rings. The summed E-state index contributed by atoms with van der Waals surface area (Å²) in [7, 11) is 0. The van der Waals surface area contributed by atoms with Gasteiger partial charge in [0.15, 0.2) is 5.13 Å². The standard InChI is InChI=1S/C13H13N3OS/c1-7(2)14-13-16-12-8-3-6-11(17)15-9(8)4-5-10(12)18-13/h3-7H,1-2H3,(H,14,16)(H,15,17). The third-order valence-corrected chi connectivity index (χ3v) is 3.62. The van der Waals surface area contributed by atoms with Crippen molar-refractivity contribution in [2.75, 3.05) is 5.32 Å². The van der Waals surface area contributed by atoms with E-state index >= 15 is 0 Å². The molecule has 0 aliphatic carbocycles. The molecule has 5 heteroatoms. The molecule has 0 saturated carbocycles. The predicted molar refractivity (Wildman–Crippen MR) is 76.5 cm³/mol. The number of thiazole rings is 1. The summed E-state index contributed by atoms with van der Waals surface area (Å²) in [5.74, 6) is 0. The van der Waals surface area contributed by atoms with E-state index in [1.165, 1.54) is 6.07 Å². The Bertz CT molecular complexity index is 773. The lowest BCUT2D eigenvalue weighted by Crippen LogP contribution is -2.08. The van der Waals surface area contributed by atoms with Crippen molar-refractivity contribution in [1.29, 1.82) is 0 Å². The van der Waals surface area contributed by atoms with E-state index in [0.29, 0.717) is 6.04 Å². The summed E-state index contributed by atoms with van der Waals surface area (Å²) in [6, 6.07) is 7.65. The Hall–Kier alpha value is -1.88. The third-order valence-electron chi connectivity index (χ3n) is 2.67. The van der Waals surface area contributed by atoms with Crippen LogP contribution in [0.4, 0.5) is 5.13 Å². The Morgan fingerprint density at radius 3 is 2.89 bits per heavy atom. The van der Waals surface area contributed by atoms with Crippen molar-refractivity contribution >= 4 is 37.6 Å². The number of rotatable bonds is 2. The molecule has 0 spiro atoms. The Balaban J connectivity index is 2.26. The molecule has 2 aromatic heterocycles. The molecule has 4 nitrogen and oxygen atoms in total. The molecule has 1 aromatic carbocycles. The molecule has 92 valence electrons. The van der Waals surface area contributed by atoms with Gasteiger partial charge in [-0.05, 0) is 32.0 Å². The fourth-order valence-electron chi connectivity index (χ4n) is 1.93. The minimum atomic E-state index is -0.0855. The number of pyridine rings is 1. The summed E-state index contributed by atoms with van der Waals surface area (Å²) in [5.41, 5.74) is 1.69. The highest BCUT2D eigenvalue weighted by Gasteiger charge is 2.08. The molecule has 0 aliphatic heterocycles. The summed E-state index contributed by atoms with van der Waals surface area (Å²) >= 11 is 1.63. The fourth-order valence-corrected chi connectivity index (χ4v) is 2.96. The normalized spacial score (nSPS) is 11.5. The van der Waals surface area contributed by atoms with E-state index in [9.17, 15) is 4.79 Å². The van der Waals surface area contributed by atoms with Crippen molar-refractivity contribution in [3.8, 4) is 0 Å². The maximum Gasteiger partial charge on any atom is 0.248 e. The van der Waals surface area contributed by atoms with E-state index < -0.39 is 0 Å². The van der Waals surface area contributed by atoms with Crippen LogP contribution in [0.3, 0.4) is 0 Å². The molecule has 3 rings (SSSR count). The minimum Gasteiger partial charge on any atom is -0.359 e. The number of aromatic amines is 1. The van der Waals surface area contributed by atoms with Crippen LogP contribution in [0.15, 0.2) is 29.1 Å². The first kappa shape index (κ1) is 11.2. The number of hydrogen-bond acceptors (Lipinski definition) is 4. The summed E-state index contributed by atoms with van der Waals surface area (Å²) in [5, 5.41) is 5.21. The maximum absolute atomic E-state index is 11.3. The van der Waals surface area contributed by atoms with E-state index in [1.807, 2.05) is 18.2 Å². The lowest BCUT2D eigenvalue weighted by molar-refractivity contribution is 0.897. The van der Waals surface area contributed by atoms with Crippen molar-refractivity contribution in [3.63, 3.8) is 0 Å². The van der Waals surface area contributed by atoms with Crippen LogP contribution in [0.2, 0.25) is 0 Å². The van der Waals surface area contributed by atoms with E-state index in [1.54, 1.807) is 11.3 Å². The molecule has 0 unspecified atom stereocenters. The lowest BCUT2D eigenvalue weighted by atomic mass is 10.2. The second-order valence-electron chi connectivity index (χ2n) is 4.51. The van der Waals surface area contributed by atoms with E-state index in [0.717, 1.165) is 26.3 Å². The predicted octanol–water partition coefficient (Wildman–Crippen LogP) is 2.96. The number of nitrogens with one attached hydrogen (secondary N) is 2. The van der Waals surface area contributed by atoms with Gasteiger partial charge in [0.05, 0.1) is 15.7 Å². The van der Waals surface area contributed by atoms with Gasteiger partial charge in [0, 0.05) is 17.5 Å². The average molecular weight is 259 g/mol. The molecule has 3 aromatic rings. The van der Waals surface area contributed by atoms with Crippen LogP contribution in [0, 0.1) is 0 Å². The third kappa shape index (κ3) is 1.86. The first-order valence-corrected chi connectivity index (χ1v) is 6.64. The van der Waals surface area contributed by atoms with Crippen LogP contribution in [-0.4, -0.2) is 16.0 Å². The van der Waals surface area contributed by atoms with Crippen LogP contribution < -0.4 is 10.9 Å². The quantitative estimate of drug-likeness (QED) is 0.744. The Kier molecular flexibility index (Phi) is 2.56. The number of benzene rings is 1.